The first-order valence-electron chi connectivity index (χ1n) is 5.60. The molecule has 2 aromatic rings. The second-order valence-corrected chi connectivity index (χ2v) is 7.32. The van der Waals surface area contributed by atoms with E-state index in [4.69, 9.17) is 28.3 Å². The standard InChI is InChI=1S/C12H10Cl2N2O3S2/c13-9-4-8(21(15,18)19)5-10(14)12(9)16-11(17)3-7-1-2-20-6-7/h1-2,4-6H,3H2,(H,16,17)(H2,15,18,19). The van der Waals surface area contributed by atoms with Crippen molar-refractivity contribution in [3.8, 4) is 0 Å². The highest BCUT2D eigenvalue weighted by Crippen LogP contribution is 2.33. The van der Waals surface area contributed by atoms with Gasteiger partial charge in [0, 0.05) is 0 Å². The Kier molecular flexibility index (Phi) is 4.90. The molecule has 1 aromatic carbocycles. The third kappa shape index (κ3) is 4.18. The molecule has 0 aliphatic heterocycles. The number of rotatable bonds is 4. The van der Waals surface area contributed by atoms with Gasteiger partial charge in [0.2, 0.25) is 15.9 Å². The Bertz CT molecular complexity index is 751. The maximum atomic E-state index is 11.9. The molecule has 0 aliphatic carbocycles. The van der Waals surface area contributed by atoms with Gasteiger partial charge in [-0.3, -0.25) is 4.79 Å². The second kappa shape index (κ2) is 6.33. The summed E-state index contributed by atoms with van der Waals surface area (Å²) >= 11 is 13.4. The van der Waals surface area contributed by atoms with E-state index in [1.54, 1.807) is 0 Å². The van der Waals surface area contributed by atoms with Crippen LogP contribution in [-0.4, -0.2) is 14.3 Å². The lowest BCUT2D eigenvalue weighted by Gasteiger charge is -2.10. The minimum atomic E-state index is -3.91. The molecule has 9 heteroatoms. The van der Waals surface area contributed by atoms with Crippen LogP contribution in [0.4, 0.5) is 5.69 Å². The average molecular weight is 365 g/mol. The molecule has 3 N–H and O–H groups in total. The fourth-order valence-corrected chi connectivity index (χ4v) is 3.54. The summed E-state index contributed by atoms with van der Waals surface area (Å²) in [4.78, 5) is 11.7. The minimum absolute atomic E-state index is 0.00481. The lowest BCUT2D eigenvalue weighted by molar-refractivity contribution is -0.115. The predicted molar refractivity (Wildman–Crippen MR) is 84.5 cm³/mol. The predicted octanol–water partition coefficient (Wildman–Crippen LogP) is 2.88. The van der Waals surface area contributed by atoms with E-state index in [1.165, 1.54) is 11.3 Å². The van der Waals surface area contributed by atoms with Crippen molar-refractivity contribution in [3.63, 3.8) is 0 Å². The van der Waals surface area contributed by atoms with E-state index in [1.807, 2.05) is 16.8 Å². The van der Waals surface area contributed by atoms with E-state index < -0.39 is 10.0 Å². The molecule has 1 aromatic heterocycles. The Morgan fingerprint density at radius 2 is 1.90 bits per heavy atom. The number of hydrogen-bond donors (Lipinski definition) is 2. The number of hydrogen-bond acceptors (Lipinski definition) is 4. The van der Waals surface area contributed by atoms with Crippen LogP contribution in [0.2, 0.25) is 10.0 Å². The van der Waals surface area contributed by atoms with E-state index in [0.29, 0.717) is 0 Å². The van der Waals surface area contributed by atoms with Crippen molar-refractivity contribution >= 4 is 56.2 Å². The number of primary sulfonamides is 1. The highest BCUT2D eigenvalue weighted by molar-refractivity contribution is 7.89. The molecule has 0 fully saturated rings. The van der Waals surface area contributed by atoms with Crippen LogP contribution in [-0.2, 0) is 21.2 Å². The van der Waals surface area contributed by atoms with Gasteiger partial charge >= 0.3 is 0 Å². The first-order valence-corrected chi connectivity index (χ1v) is 8.84. The summed E-state index contributed by atoms with van der Waals surface area (Å²) in [5, 5.41) is 11.3. The van der Waals surface area contributed by atoms with Crippen molar-refractivity contribution in [3.05, 3.63) is 44.6 Å². The molecule has 0 aliphatic rings. The van der Waals surface area contributed by atoms with Crippen LogP contribution in [0.15, 0.2) is 33.9 Å². The molecule has 0 unspecified atom stereocenters. The SMILES string of the molecule is NS(=O)(=O)c1cc(Cl)c(NC(=O)Cc2ccsc2)c(Cl)c1. The Morgan fingerprint density at radius 1 is 1.29 bits per heavy atom. The van der Waals surface area contributed by atoms with Gasteiger partial charge in [-0.1, -0.05) is 23.2 Å². The molecule has 0 bridgehead atoms. The summed E-state index contributed by atoms with van der Waals surface area (Å²) in [5.74, 6) is -0.305. The van der Waals surface area contributed by atoms with Crippen molar-refractivity contribution in [2.75, 3.05) is 5.32 Å². The molecule has 21 heavy (non-hydrogen) atoms. The van der Waals surface area contributed by atoms with E-state index >= 15 is 0 Å². The van der Waals surface area contributed by atoms with E-state index in [9.17, 15) is 13.2 Å². The molecule has 0 atom stereocenters. The van der Waals surface area contributed by atoms with Gasteiger partial charge in [0.05, 0.1) is 27.0 Å². The second-order valence-electron chi connectivity index (χ2n) is 4.16. The van der Waals surface area contributed by atoms with E-state index in [-0.39, 0.29) is 33.0 Å². The van der Waals surface area contributed by atoms with Gasteiger partial charge in [0.25, 0.3) is 0 Å². The molecule has 0 saturated heterocycles. The molecular formula is C12H10Cl2N2O3S2. The van der Waals surface area contributed by atoms with E-state index in [0.717, 1.165) is 17.7 Å². The number of carbonyl (C=O) groups is 1. The fourth-order valence-electron chi connectivity index (χ4n) is 1.60. The van der Waals surface area contributed by atoms with Gasteiger partial charge in [-0.25, -0.2) is 13.6 Å². The van der Waals surface area contributed by atoms with Crippen LogP contribution in [0.5, 0.6) is 0 Å². The number of anilines is 1. The lowest BCUT2D eigenvalue weighted by Crippen LogP contribution is -2.16. The van der Waals surface area contributed by atoms with Crippen LogP contribution in [0, 0.1) is 0 Å². The number of benzene rings is 1. The minimum Gasteiger partial charge on any atom is -0.323 e. The van der Waals surface area contributed by atoms with Crippen molar-refractivity contribution < 1.29 is 13.2 Å². The van der Waals surface area contributed by atoms with E-state index in [2.05, 4.69) is 5.32 Å². The van der Waals surface area contributed by atoms with Crippen LogP contribution >= 0.6 is 34.5 Å². The Hall–Kier alpha value is -1.12. The number of nitrogens with two attached hydrogens (primary N) is 1. The maximum absolute atomic E-state index is 11.9. The van der Waals surface area contributed by atoms with Crippen LogP contribution in [0.1, 0.15) is 5.56 Å². The third-order valence-corrected chi connectivity index (χ3v) is 4.77. The number of sulfonamides is 1. The summed E-state index contributed by atoms with van der Waals surface area (Å²) in [6, 6.07) is 4.11. The molecule has 0 radical (unpaired) electrons. The van der Waals surface area contributed by atoms with Gasteiger partial charge < -0.3 is 5.32 Å². The van der Waals surface area contributed by atoms with Gasteiger partial charge in [-0.15, -0.1) is 0 Å². The third-order valence-electron chi connectivity index (χ3n) is 2.55. The number of thiophene rings is 1. The average Bonchev–Trinajstić information content (AvgIpc) is 2.85. The normalized spacial score (nSPS) is 11.4. The highest BCUT2D eigenvalue weighted by Gasteiger charge is 2.16. The van der Waals surface area contributed by atoms with Gasteiger partial charge in [-0.2, -0.15) is 11.3 Å². The quantitative estimate of drug-likeness (QED) is 0.873. The zero-order valence-electron chi connectivity index (χ0n) is 10.5. The number of halogens is 2. The molecule has 5 nitrogen and oxygen atoms in total. The monoisotopic (exact) mass is 364 g/mol. The fraction of sp³-hybridized carbons (Fsp3) is 0.0833. The van der Waals surface area contributed by atoms with Crippen molar-refractivity contribution in [1.82, 2.24) is 0 Å². The molecular weight excluding hydrogens is 355 g/mol. The van der Waals surface area contributed by atoms with Crippen LogP contribution in [0.25, 0.3) is 0 Å². The van der Waals surface area contributed by atoms with Gasteiger partial charge in [-0.05, 0) is 34.5 Å². The molecule has 112 valence electrons. The molecule has 0 spiro atoms. The highest BCUT2D eigenvalue weighted by atomic mass is 35.5. The molecule has 1 amide bonds. The molecule has 1 heterocycles. The Balaban J connectivity index is 2.23. The summed E-state index contributed by atoms with van der Waals surface area (Å²) in [5.41, 5.74) is 1.02. The Morgan fingerprint density at radius 3 is 2.38 bits per heavy atom. The molecule has 2 rings (SSSR count). The summed E-state index contributed by atoms with van der Waals surface area (Å²) < 4.78 is 22.5. The zero-order valence-corrected chi connectivity index (χ0v) is 13.6. The number of nitrogens with one attached hydrogen (secondary N) is 1. The summed E-state index contributed by atoms with van der Waals surface area (Å²) in [6.45, 7) is 0. The largest absolute Gasteiger partial charge is 0.323 e. The van der Waals surface area contributed by atoms with Gasteiger partial charge in [0.1, 0.15) is 0 Å². The smallest absolute Gasteiger partial charge is 0.238 e. The lowest BCUT2D eigenvalue weighted by atomic mass is 10.2. The zero-order chi connectivity index (χ0) is 15.6. The van der Waals surface area contributed by atoms with Crippen LogP contribution < -0.4 is 10.5 Å². The summed E-state index contributed by atoms with van der Waals surface area (Å²) in [6.07, 6.45) is 0.174. The number of carbonyl (C=O) groups excluding carboxylic acids is 1. The summed E-state index contributed by atoms with van der Waals surface area (Å²) in [7, 11) is -3.91. The number of amides is 1. The van der Waals surface area contributed by atoms with Gasteiger partial charge in [0.15, 0.2) is 0 Å². The first-order chi connectivity index (χ1) is 9.77. The topological polar surface area (TPSA) is 89.3 Å². The molecule has 0 saturated carbocycles. The maximum Gasteiger partial charge on any atom is 0.238 e. The van der Waals surface area contributed by atoms with Crippen LogP contribution in [0.3, 0.4) is 0 Å². The van der Waals surface area contributed by atoms with Crippen molar-refractivity contribution in [1.29, 1.82) is 0 Å². The van der Waals surface area contributed by atoms with Crippen molar-refractivity contribution in [2.24, 2.45) is 5.14 Å². The Labute approximate surface area is 135 Å². The first kappa shape index (κ1) is 16.3. The van der Waals surface area contributed by atoms with Crippen molar-refractivity contribution in [2.45, 2.75) is 11.3 Å².